The Labute approximate surface area is 190 Å². The van der Waals surface area contributed by atoms with Gasteiger partial charge in [-0.1, -0.05) is 12.8 Å². The summed E-state index contributed by atoms with van der Waals surface area (Å²) in [5, 5.41) is 2.70. The van der Waals surface area contributed by atoms with Crippen molar-refractivity contribution < 1.29 is 27.8 Å². The van der Waals surface area contributed by atoms with E-state index >= 15 is 8.78 Å². The molecule has 1 aromatic carbocycles. The summed E-state index contributed by atoms with van der Waals surface area (Å²) < 4.78 is 40.6. The van der Waals surface area contributed by atoms with Crippen molar-refractivity contribution in [3.8, 4) is 11.5 Å². The molecule has 1 fully saturated rings. The summed E-state index contributed by atoms with van der Waals surface area (Å²) in [5.41, 5.74) is 1.36. The second-order valence-electron chi connectivity index (χ2n) is 8.15. The molecule has 1 aliphatic heterocycles. The number of benzene rings is 1. The first kappa shape index (κ1) is 22.8. The summed E-state index contributed by atoms with van der Waals surface area (Å²) in [4.78, 5) is 32.1. The summed E-state index contributed by atoms with van der Waals surface area (Å²) in [6.07, 6.45) is 5.08. The second kappa shape index (κ2) is 9.21. The number of aromatic nitrogens is 1. The van der Waals surface area contributed by atoms with E-state index in [4.69, 9.17) is 9.47 Å². The number of hydrogen-bond donors (Lipinski definition) is 1. The normalized spacial score (nSPS) is 16.1. The van der Waals surface area contributed by atoms with Crippen molar-refractivity contribution in [2.75, 3.05) is 24.0 Å². The number of amides is 3. The number of methoxy groups -OCH3 is 2. The number of rotatable bonds is 6. The van der Waals surface area contributed by atoms with Crippen molar-refractivity contribution in [3.63, 3.8) is 0 Å². The molecular weight excluding hydrogens is 434 g/mol. The SMILES string of the molecule is COc1cc(OC)c(F)c(N2Cc3cnc(CNC(C)=O)cc3N(C3CCCC3)C2=O)c1F. The fraction of sp³-hybridized carbons (Fsp3) is 0.435. The van der Waals surface area contributed by atoms with Gasteiger partial charge in [-0.2, -0.15) is 0 Å². The molecule has 0 bridgehead atoms. The van der Waals surface area contributed by atoms with Gasteiger partial charge < -0.3 is 14.8 Å². The number of anilines is 2. The number of halogens is 2. The number of pyridine rings is 1. The highest BCUT2D eigenvalue weighted by Crippen LogP contribution is 2.42. The van der Waals surface area contributed by atoms with E-state index in [2.05, 4.69) is 10.3 Å². The number of nitrogens with one attached hydrogen (secondary N) is 1. The predicted molar refractivity (Wildman–Crippen MR) is 118 cm³/mol. The highest BCUT2D eigenvalue weighted by molar-refractivity contribution is 6.07. The number of ether oxygens (including phenoxy) is 2. The molecule has 1 aliphatic carbocycles. The van der Waals surface area contributed by atoms with E-state index < -0.39 is 23.4 Å². The average Bonchev–Trinajstić information content (AvgIpc) is 3.32. The lowest BCUT2D eigenvalue weighted by Crippen LogP contribution is -2.52. The minimum atomic E-state index is -0.978. The number of urea groups is 1. The molecule has 8 nitrogen and oxygen atoms in total. The Bertz CT molecular complexity index is 1060. The minimum absolute atomic E-state index is 0.0744. The van der Waals surface area contributed by atoms with Crippen LogP contribution >= 0.6 is 0 Å². The number of fused-ring (bicyclic) bond motifs is 1. The van der Waals surface area contributed by atoms with Crippen molar-refractivity contribution in [3.05, 3.63) is 41.2 Å². The first-order chi connectivity index (χ1) is 15.8. The van der Waals surface area contributed by atoms with Crippen molar-refractivity contribution >= 4 is 23.3 Å². The van der Waals surface area contributed by atoms with Crippen LogP contribution in [0.5, 0.6) is 11.5 Å². The van der Waals surface area contributed by atoms with Crippen LogP contribution in [0.4, 0.5) is 25.0 Å². The monoisotopic (exact) mass is 460 g/mol. The zero-order valence-electron chi connectivity index (χ0n) is 18.8. The van der Waals surface area contributed by atoms with Crippen molar-refractivity contribution in [1.29, 1.82) is 0 Å². The lowest BCUT2D eigenvalue weighted by molar-refractivity contribution is -0.119. The average molecular weight is 460 g/mol. The number of carbonyl (C=O) groups is 2. The molecule has 0 saturated heterocycles. The van der Waals surface area contributed by atoms with Gasteiger partial charge in [0.25, 0.3) is 0 Å². The van der Waals surface area contributed by atoms with Crippen molar-refractivity contribution in [2.24, 2.45) is 0 Å². The van der Waals surface area contributed by atoms with E-state index in [1.165, 1.54) is 21.1 Å². The van der Waals surface area contributed by atoms with E-state index in [9.17, 15) is 9.59 Å². The van der Waals surface area contributed by atoms with Crippen LogP contribution in [-0.4, -0.2) is 37.2 Å². The predicted octanol–water partition coefficient (Wildman–Crippen LogP) is 3.90. The van der Waals surface area contributed by atoms with Gasteiger partial charge in [0.15, 0.2) is 23.1 Å². The summed E-state index contributed by atoms with van der Waals surface area (Å²) in [5.74, 6) is -2.60. The lowest BCUT2D eigenvalue weighted by atomic mass is 10.1. The second-order valence-corrected chi connectivity index (χ2v) is 8.15. The summed E-state index contributed by atoms with van der Waals surface area (Å²) in [7, 11) is 2.52. The molecule has 2 aromatic rings. The smallest absolute Gasteiger partial charge is 0.329 e. The van der Waals surface area contributed by atoms with Crippen LogP contribution in [0, 0.1) is 11.6 Å². The number of hydrogen-bond acceptors (Lipinski definition) is 5. The Kier molecular flexibility index (Phi) is 6.35. The highest BCUT2D eigenvalue weighted by Gasteiger charge is 2.40. The minimum Gasteiger partial charge on any atom is -0.493 e. The van der Waals surface area contributed by atoms with Crippen LogP contribution in [0.25, 0.3) is 0 Å². The van der Waals surface area contributed by atoms with Gasteiger partial charge >= 0.3 is 6.03 Å². The zero-order chi connectivity index (χ0) is 23.7. The molecule has 0 unspecified atom stereocenters. The highest BCUT2D eigenvalue weighted by atomic mass is 19.1. The van der Waals surface area contributed by atoms with Gasteiger partial charge in [-0.25, -0.2) is 13.6 Å². The molecule has 0 spiro atoms. The quantitative estimate of drug-likeness (QED) is 0.707. The molecule has 1 aromatic heterocycles. The molecule has 3 amide bonds. The van der Waals surface area contributed by atoms with Crippen molar-refractivity contribution in [1.82, 2.24) is 10.3 Å². The molecule has 0 radical (unpaired) electrons. The van der Waals surface area contributed by atoms with E-state index in [1.54, 1.807) is 17.2 Å². The van der Waals surface area contributed by atoms with E-state index in [0.29, 0.717) is 16.9 Å². The first-order valence-electron chi connectivity index (χ1n) is 10.8. The Balaban J connectivity index is 1.82. The topological polar surface area (TPSA) is 84.0 Å². The van der Waals surface area contributed by atoms with Gasteiger partial charge in [0.2, 0.25) is 5.91 Å². The Morgan fingerprint density at radius 3 is 2.36 bits per heavy atom. The maximum Gasteiger partial charge on any atom is 0.329 e. The van der Waals surface area contributed by atoms with Crippen LogP contribution in [0.1, 0.15) is 43.9 Å². The maximum absolute atomic E-state index is 15.2. The Hall–Kier alpha value is -3.43. The molecule has 1 N–H and O–H groups in total. The van der Waals surface area contributed by atoms with Gasteiger partial charge in [-0.05, 0) is 18.9 Å². The standard InChI is InChI=1S/C23H26F2N4O4/c1-13(30)26-11-15-8-17-14(10-27-15)12-28(23(31)29(17)16-6-4-5-7-16)22-20(24)18(32-2)9-19(33-3)21(22)25/h8-10,16H,4-7,11-12H2,1-3H3,(H,26,30). The third-order valence-corrected chi connectivity index (χ3v) is 6.07. The molecule has 2 aliphatic rings. The first-order valence-corrected chi connectivity index (χ1v) is 10.8. The van der Waals surface area contributed by atoms with Crippen LogP contribution in [0.3, 0.4) is 0 Å². The molecule has 176 valence electrons. The molecule has 2 heterocycles. The Morgan fingerprint density at radius 2 is 1.79 bits per heavy atom. The summed E-state index contributed by atoms with van der Waals surface area (Å²) >= 11 is 0. The molecule has 1 saturated carbocycles. The number of carbonyl (C=O) groups excluding carboxylic acids is 2. The zero-order valence-corrected chi connectivity index (χ0v) is 18.8. The van der Waals surface area contributed by atoms with Gasteiger partial charge in [-0.15, -0.1) is 0 Å². The van der Waals surface area contributed by atoms with Crippen LogP contribution in [-0.2, 0) is 17.9 Å². The van der Waals surface area contributed by atoms with Crippen LogP contribution in [0.15, 0.2) is 18.3 Å². The molecule has 33 heavy (non-hydrogen) atoms. The van der Waals surface area contributed by atoms with Gasteiger partial charge in [0, 0.05) is 30.8 Å². The van der Waals surface area contributed by atoms with Gasteiger partial charge in [0.1, 0.15) is 5.69 Å². The van der Waals surface area contributed by atoms with Crippen LogP contribution < -0.4 is 24.6 Å². The van der Waals surface area contributed by atoms with Crippen LogP contribution in [0.2, 0.25) is 0 Å². The third-order valence-electron chi connectivity index (χ3n) is 6.07. The molecule has 0 atom stereocenters. The fourth-order valence-electron chi connectivity index (χ4n) is 4.44. The van der Waals surface area contributed by atoms with Gasteiger partial charge in [0.05, 0.1) is 38.7 Å². The largest absolute Gasteiger partial charge is 0.493 e. The fourth-order valence-corrected chi connectivity index (χ4v) is 4.44. The third kappa shape index (κ3) is 4.17. The van der Waals surface area contributed by atoms with E-state index in [-0.39, 0.29) is 36.5 Å². The van der Waals surface area contributed by atoms with Gasteiger partial charge in [-0.3, -0.25) is 19.6 Å². The maximum atomic E-state index is 15.2. The molecule has 10 heteroatoms. The lowest BCUT2D eigenvalue weighted by Gasteiger charge is -2.40. The molecule has 4 rings (SSSR count). The summed E-state index contributed by atoms with van der Waals surface area (Å²) in [6, 6.07) is 2.24. The van der Waals surface area contributed by atoms with Crippen molar-refractivity contribution in [2.45, 2.75) is 51.7 Å². The van der Waals surface area contributed by atoms with E-state index in [0.717, 1.165) is 36.6 Å². The number of nitrogens with zero attached hydrogens (tertiary/aromatic N) is 3. The van der Waals surface area contributed by atoms with E-state index in [1.807, 2.05) is 0 Å². The Morgan fingerprint density at radius 1 is 1.15 bits per heavy atom. The molecular formula is C23H26F2N4O4. The summed E-state index contributed by atoms with van der Waals surface area (Å²) in [6.45, 7) is 1.56.